The molecule has 0 saturated heterocycles. The van der Waals surface area contributed by atoms with E-state index in [-0.39, 0.29) is 11.3 Å². The second-order valence-electron chi connectivity index (χ2n) is 6.91. The summed E-state index contributed by atoms with van der Waals surface area (Å²) in [4.78, 5) is 27.9. The van der Waals surface area contributed by atoms with Crippen molar-refractivity contribution >= 4 is 28.1 Å². The maximum Gasteiger partial charge on any atom is 0.285 e. The van der Waals surface area contributed by atoms with Gasteiger partial charge in [-0.1, -0.05) is 24.3 Å². The van der Waals surface area contributed by atoms with Gasteiger partial charge in [-0.05, 0) is 55.9 Å². The molecule has 0 unspecified atom stereocenters. The molecular formula is C21H19N3O3S. The van der Waals surface area contributed by atoms with Crippen molar-refractivity contribution in [2.75, 3.05) is 5.32 Å². The smallest absolute Gasteiger partial charge is 0.285 e. The number of aromatic nitrogens is 1. The van der Waals surface area contributed by atoms with Crippen molar-refractivity contribution in [3.63, 3.8) is 0 Å². The molecular weight excluding hydrogens is 374 g/mol. The van der Waals surface area contributed by atoms with E-state index in [0.717, 1.165) is 24.1 Å². The number of rotatable bonds is 4. The van der Waals surface area contributed by atoms with Gasteiger partial charge in [0.1, 0.15) is 5.56 Å². The normalized spacial score (nSPS) is 13.0. The Morgan fingerprint density at radius 1 is 1.18 bits per heavy atom. The number of carbonyl (C=O) groups excluding carboxylic acids is 1. The first-order chi connectivity index (χ1) is 13.5. The zero-order valence-electron chi connectivity index (χ0n) is 15.4. The SMILES string of the molecule is Cc1cccc(C(=O)Nc2nc(-c3ccc4c(c3)CCCC4)cs2)c1[N+](=O)[O-]. The first kappa shape index (κ1) is 18.3. The average molecular weight is 393 g/mol. The number of hydrogen-bond donors (Lipinski definition) is 1. The van der Waals surface area contributed by atoms with Crippen molar-refractivity contribution in [3.8, 4) is 11.3 Å². The zero-order chi connectivity index (χ0) is 19.7. The Morgan fingerprint density at radius 3 is 2.75 bits per heavy atom. The van der Waals surface area contributed by atoms with Crippen LogP contribution >= 0.6 is 11.3 Å². The number of nitrogens with one attached hydrogen (secondary N) is 1. The first-order valence-electron chi connectivity index (χ1n) is 9.16. The number of benzene rings is 2. The van der Waals surface area contributed by atoms with Crippen molar-refractivity contribution in [2.24, 2.45) is 0 Å². The van der Waals surface area contributed by atoms with Crippen LogP contribution in [0.1, 0.15) is 39.9 Å². The van der Waals surface area contributed by atoms with Gasteiger partial charge in [-0.2, -0.15) is 0 Å². The molecule has 142 valence electrons. The fourth-order valence-corrected chi connectivity index (χ4v) is 4.32. The van der Waals surface area contributed by atoms with Gasteiger partial charge in [0, 0.05) is 16.5 Å². The summed E-state index contributed by atoms with van der Waals surface area (Å²) in [5.74, 6) is -0.526. The Bertz CT molecular complexity index is 1070. The number of para-hydroxylation sites is 1. The highest BCUT2D eigenvalue weighted by molar-refractivity contribution is 7.14. The summed E-state index contributed by atoms with van der Waals surface area (Å²) in [5, 5.41) is 16.3. The maximum atomic E-state index is 12.6. The van der Waals surface area contributed by atoms with Crippen LogP contribution in [0.4, 0.5) is 10.8 Å². The molecule has 0 fully saturated rings. The van der Waals surface area contributed by atoms with Gasteiger partial charge in [-0.3, -0.25) is 20.2 Å². The number of thiazole rings is 1. The molecule has 1 aromatic heterocycles. The average Bonchev–Trinajstić information content (AvgIpc) is 3.15. The van der Waals surface area contributed by atoms with Gasteiger partial charge >= 0.3 is 0 Å². The lowest BCUT2D eigenvalue weighted by Crippen LogP contribution is -2.14. The number of fused-ring (bicyclic) bond motifs is 1. The summed E-state index contributed by atoms with van der Waals surface area (Å²) in [5.41, 5.74) is 4.92. The minimum absolute atomic E-state index is 0.0375. The van der Waals surface area contributed by atoms with Crippen LogP contribution in [0.3, 0.4) is 0 Å². The number of hydrogen-bond acceptors (Lipinski definition) is 5. The van der Waals surface area contributed by atoms with Gasteiger partial charge in [0.25, 0.3) is 11.6 Å². The molecule has 3 aromatic rings. The van der Waals surface area contributed by atoms with Crippen LogP contribution < -0.4 is 5.32 Å². The van der Waals surface area contributed by atoms with E-state index in [1.54, 1.807) is 19.1 Å². The van der Waals surface area contributed by atoms with Crippen LogP contribution in [0.15, 0.2) is 41.8 Å². The molecule has 0 bridgehead atoms. The Balaban J connectivity index is 1.57. The Kier molecular flexibility index (Phi) is 4.92. The minimum atomic E-state index is -0.526. The molecule has 6 nitrogen and oxygen atoms in total. The predicted molar refractivity (Wildman–Crippen MR) is 110 cm³/mol. The number of aryl methyl sites for hydroxylation is 3. The van der Waals surface area contributed by atoms with E-state index in [4.69, 9.17) is 0 Å². The topological polar surface area (TPSA) is 85.1 Å². The summed E-state index contributed by atoms with van der Waals surface area (Å²) < 4.78 is 0. The molecule has 0 aliphatic heterocycles. The Hall–Kier alpha value is -3.06. The van der Waals surface area contributed by atoms with Crippen molar-refractivity contribution in [1.82, 2.24) is 4.98 Å². The Labute approximate surface area is 166 Å². The number of nitro benzene ring substituents is 1. The van der Waals surface area contributed by atoms with E-state index in [9.17, 15) is 14.9 Å². The maximum absolute atomic E-state index is 12.6. The third-order valence-electron chi connectivity index (χ3n) is 5.03. The number of anilines is 1. The second-order valence-corrected chi connectivity index (χ2v) is 7.77. The predicted octanol–water partition coefficient (Wildman–Crippen LogP) is 5.16. The molecule has 1 amide bonds. The quantitative estimate of drug-likeness (QED) is 0.490. The molecule has 0 radical (unpaired) electrons. The highest BCUT2D eigenvalue weighted by Crippen LogP contribution is 2.30. The highest BCUT2D eigenvalue weighted by Gasteiger charge is 2.23. The zero-order valence-corrected chi connectivity index (χ0v) is 16.2. The molecule has 7 heteroatoms. The molecule has 0 atom stereocenters. The summed E-state index contributed by atoms with van der Waals surface area (Å²) in [7, 11) is 0. The molecule has 28 heavy (non-hydrogen) atoms. The number of carbonyl (C=O) groups is 1. The highest BCUT2D eigenvalue weighted by atomic mass is 32.1. The van der Waals surface area contributed by atoms with E-state index >= 15 is 0 Å². The summed E-state index contributed by atoms with van der Waals surface area (Å²) in [6.07, 6.45) is 4.67. The third-order valence-corrected chi connectivity index (χ3v) is 5.79. The van der Waals surface area contributed by atoms with Crippen molar-refractivity contribution in [2.45, 2.75) is 32.6 Å². The molecule has 0 saturated carbocycles. The van der Waals surface area contributed by atoms with E-state index in [1.165, 1.54) is 41.4 Å². The van der Waals surface area contributed by atoms with Gasteiger partial charge in [-0.15, -0.1) is 11.3 Å². The van der Waals surface area contributed by atoms with E-state index in [2.05, 4.69) is 28.5 Å². The van der Waals surface area contributed by atoms with Crippen LogP contribution in [-0.2, 0) is 12.8 Å². The largest absolute Gasteiger partial charge is 0.298 e. The lowest BCUT2D eigenvalue weighted by atomic mass is 9.90. The van der Waals surface area contributed by atoms with Gasteiger partial charge in [0.05, 0.1) is 10.6 Å². The van der Waals surface area contributed by atoms with Crippen molar-refractivity contribution in [3.05, 3.63) is 74.1 Å². The van der Waals surface area contributed by atoms with Crippen LogP contribution in [0.25, 0.3) is 11.3 Å². The van der Waals surface area contributed by atoms with Crippen molar-refractivity contribution < 1.29 is 9.72 Å². The third kappa shape index (κ3) is 3.53. The molecule has 4 rings (SSSR count). The second kappa shape index (κ2) is 7.52. The standard InChI is InChI=1S/C21H19N3O3S/c1-13-5-4-8-17(19(13)24(26)27)20(25)23-21-22-18(12-28-21)16-10-9-14-6-2-3-7-15(14)11-16/h4-5,8-12H,2-3,6-7H2,1H3,(H,22,23,25). The molecule has 1 aliphatic carbocycles. The molecule has 1 aliphatic rings. The van der Waals surface area contributed by atoms with Gasteiger partial charge in [0.2, 0.25) is 0 Å². The fraction of sp³-hybridized carbons (Fsp3) is 0.238. The molecule has 0 spiro atoms. The monoisotopic (exact) mass is 393 g/mol. The first-order valence-corrected chi connectivity index (χ1v) is 10.0. The fourth-order valence-electron chi connectivity index (χ4n) is 3.61. The summed E-state index contributed by atoms with van der Waals surface area (Å²) in [6, 6.07) is 11.1. The van der Waals surface area contributed by atoms with E-state index in [1.807, 2.05) is 5.38 Å². The Morgan fingerprint density at radius 2 is 1.96 bits per heavy atom. The number of nitrogens with zero attached hydrogens (tertiary/aromatic N) is 2. The van der Waals surface area contributed by atoms with Gasteiger partial charge in [-0.25, -0.2) is 4.98 Å². The van der Waals surface area contributed by atoms with Crippen molar-refractivity contribution in [1.29, 1.82) is 0 Å². The lowest BCUT2D eigenvalue weighted by molar-refractivity contribution is -0.385. The van der Waals surface area contributed by atoms with Crippen LogP contribution in [0, 0.1) is 17.0 Å². The summed E-state index contributed by atoms with van der Waals surface area (Å²) in [6.45, 7) is 1.62. The van der Waals surface area contributed by atoms with Crippen LogP contribution in [-0.4, -0.2) is 15.8 Å². The molecule has 1 heterocycles. The lowest BCUT2D eigenvalue weighted by Gasteiger charge is -2.16. The van der Waals surface area contributed by atoms with E-state index in [0.29, 0.717) is 10.7 Å². The molecule has 2 aromatic carbocycles. The van der Waals surface area contributed by atoms with Gasteiger partial charge in [0.15, 0.2) is 5.13 Å². The van der Waals surface area contributed by atoms with Crippen LogP contribution in [0.2, 0.25) is 0 Å². The summed E-state index contributed by atoms with van der Waals surface area (Å²) >= 11 is 1.31. The van der Waals surface area contributed by atoms with Gasteiger partial charge < -0.3 is 0 Å². The van der Waals surface area contributed by atoms with E-state index < -0.39 is 10.8 Å². The number of amides is 1. The molecule has 1 N–H and O–H groups in total. The van der Waals surface area contributed by atoms with Crippen LogP contribution in [0.5, 0.6) is 0 Å². The number of nitro groups is 1. The minimum Gasteiger partial charge on any atom is -0.298 e.